The van der Waals surface area contributed by atoms with Crippen molar-refractivity contribution in [3.63, 3.8) is 0 Å². The summed E-state index contributed by atoms with van der Waals surface area (Å²) in [6, 6.07) is 11.7. The predicted octanol–water partition coefficient (Wildman–Crippen LogP) is 4.15. The Kier molecular flexibility index (Phi) is 4.48. The molecule has 5 heteroatoms. The number of hydrogen-bond donors (Lipinski definition) is 1. The number of aryl methyl sites for hydroxylation is 2. The van der Waals surface area contributed by atoms with E-state index >= 15 is 0 Å². The predicted molar refractivity (Wildman–Crippen MR) is 92.4 cm³/mol. The molecule has 0 bridgehead atoms. The van der Waals surface area contributed by atoms with Crippen molar-refractivity contribution in [1.29, 1.82) is 0 Å². The second kappa shape index (κ2) is 6.54. The molecule has 0 aromatic heterocycles. The van der Waals surface area contributed by atoms with Crippen LogP contribution in [0.5, 0.6) is 11.5 Å². The van der Waals surface area contributed by atoms with Gasteiger partial charge < -0.3 is 14.8 Å². The van der Waals surface area contributed by atoms with Crippen LogP contribution in [0.2, 0.25) is 0 Å². The summed E-state index contributed by atoms with van der Waals surface area (Å²) in [6.07, 6.45) is 0. The van der Waals surface area contributed by atoms with Gasteiger partial charge in [0.05, 0.1) is 5.25 Å². The Labute approximate surface area is 140 Å². The van der Waals surface area contributed by atoms with Gasteiger partial charge in [0.2, 0.25) is 12.7 Å². The van der Waals surface area contributed by atoms with Crippen molar-refractivity contribution < 1.29 is 14.3 Å². The van der Waals surface area contributed by atoms with Gasteiger partial charge in [0.15, 0.2) is 11.5 Å². The van der Waals surface area contributed by atoms with Crippen LogP contribution in [0.25, 0.3) is 0 Å². The van der Waals surface area contributed by atoms with Crippen molar-refractivity contribution >= 4 is 23.4 Å². The topological polar surface area (TPSA) is 47.6 Å². The number of carbonyl (C=O) groups excluding carboxylic acids is 1. The van der Waals surface area contributed by atoms with Crippen molar-refractivity contribution in [3.05, 3.63) is 47.5 Å². The number of amides is 1. The molecule has 0 aliphatic carbocycles. The van der Waals surface area contributed by atoms with Crippen molar-refractivity contribution in [2.24, 2.45) is 0 Å². The first kappa shape index (κ1) is 15.7. The molecule has 0 saturated heterocycles. The molecule has 0 saturated carbocycles. The highest BCUT2D eigenvalue weighted by Gasteiger charge is 2.18. The molecule has 1 N–H and O–H groups in total. The van der Waals surface area contributed by atoms with Crippen molar-refractivity contribution in [2.75, 3.05) is 12.1 Å². The summed E-state index contributed by atoms with van der Waals surface area (Å²) in [5, 5.41) is 2.74. The number of hydrogen-bond acceptors (Lipinski definition) is 4. The highest BCUT2D eigenvalue weighted by molar-refractivity contribution is 8.00. The Morgan fingerprint density at radius 2 is 1.91 bits per heavy atom. The third-order valence-corrected chi connectivity index (χ3v) is 4.92. The van der Waals surface area contributed by atoms with Gasteiger partial charge in [0, 0.05) is 16.6 Å². The number of fused-ring (bicyclic) bond motifs is 1. The van der Waals surface area contributed by atoms with Gasteiger partial charge in [-0.15, -0.1) is 11.8 Å². The first-order valence-corrected chi connectivity index (χ1v) is 8.35. The van der Waals surface area contributed by atoms with E-state index in [1.807, 2.05) is 13.0 Å². The van der Waals surface area contributed by atoms with Gasteiger partial charge in [0.1, 0.15) is 0 Å². The van der Waals surface area contributed by atoms with Gasteiger partial charge in [-0.1, -0.05) is 17.7 Å². The van der Waals surface area contributed by atoms with Crippen LogP contribution in [0.15, 0.2) is 41.3 Å². The van der Waals surface area contributed by atoms with Crippen molar-refractivity contribution in [1.82, 2.24) is 0 Å². The van der Waals surface area contributed by atoms with E-state index in [0.717, 1.165) is 4.90 Å². The van der Waals surface area contributed by atoms with E-state index in [4.69, 9.17) is 9.47 Å². The Morgan fingerprint density at radius 3 is 2.74 bits per heavy atom. The molecule has 1 atom stereocenters. The molecule has 2 aromatic carbocycles. The minimum Gasteiger partial charge on any atom is -0.454 e. The molecule has 1 aliphatic rings. The van der Waals surface area contributed by atoms with Gasteiger partial charge in [-0.2, -0.15) is 0 Å². The minimum absolute atomic E-state index is 0.0326. The zero-order valence-electron chi connectivity index (χ0n) is 13.4. The molecule has 1 heterocycles. The molecule has 23 heavy (non-hydrogen) atoms. The standard InChI is InChI=1S/C18H19NO3S/c1-11-4-5-12(2)17(8-11)23-13(3)18(20)19-14-6-7-15-16(9-14)22-10-21-15/h4-9,13H,10H2,1-3H3,(H,19,20)/t13-/m0/s1. The Morgan fingerprint density at radius 1 is 1.13 bits per heavy atom. The molecule has 4 nitrogen and oxygen atoms in total. The number of carbonyl (C=O) groups is 1. The molecule has 120 valence electrons. The van der Waals surface area contributed by atoms with Crippen molar-refractivity contribution in [3.8, 4) is 11.5 Å². The second-order valence-electron chi connectivity index (χ2n) is 5.59. The van der Waals surface area contributed by atoms with Gasteiger partial charge >= 0.3 is 0 Å². The molecule has 3 rings (SSSR count). The normalized spacial score (nSPS) is 13.7. The second-order valence-corrected chi connectivity index (χ2v) is 6.97. The first-order valence-electron chi connectivity index (χ1n) is 7.47. The monoisotopic (exact) mass is 329 g/mol. The van der Waals surface area contributed by atoms with E-state index in [1.54, 1.807) is 23.9 Å². The molecular formula is C18H19NO3S. The van der Waals surface area contributed by atoms with Crippen LogP contribution >= 0.6 is 11.8 Å². The molecule has 0 unspecified atom stereocenters. The summed E-state index contributed by atoms with van der Waals surface area (Å²) in [5.41, 5.74) is 3.09. The summed E-state index contributed by atoms with van der Waals surface area (Å²) >= 11 is 1.57. The van der Waals surface area contributed by atoms with Crippen LogP contribution in [0.4, 0.5) is 5.69 Å². The van der Waals surface area contributed by atoms with Gasteiger partial charge in [-0.05, 0) is 44.5 Å². The fraction of sp³-hybridized carbons (Fsp3) is 0.278. The SMILES string of the molecule is Cc1ccc(C)c(S[C@@H](C)C(=O)Nc2ccc3c(c2)OCO3)c1. The van der Waals surface area contributed by atoms with E-state index < -0.39 is 0 Å². The molecule has 1 aliphatic heterocycles. The highest BCUT2D eigenvalue weighted by Crippen LogP contribution is 2.34. The van der Waals surface area contributed by atoms with Crippen LogP contribution in [0.3, 0.4) is 0 Å². The molecule has 0 spiro atoms. The summed E-state index contributed by atoms with van der Waals surface area (Å²) in [7, 11) is 0. The maximum Gasteiger partial charge on any atom is 0.237 e. The van der Waals surface area contributed by atoms with Crippen LogP contribution < -0.4 is 14.8 Å². The van der Waals surface area contributed by atoms with E-state index in [0.29, 0.717) is 17.2 Å². The van der Waals surface area contributed by atoms with E-state index in [9.17, 15) is 4.79 Å². The van der Waals surface area contributed by atoms with E-state index in [2.05, 4.69) is 37.4 Å². The Balaban J connectivity index is 1.67. The summed E-state index contributed by atoms with van der Waals surface area (Å²) in [5.74, 6) is 1.34. The van der Waals surface area contributed by atoms with Crippen LogP contribution in [-0.2, 0) is 4.79 Å². The lowest BCUT2D eigenvalue weighted by molar-refractivity contribution is -0.115. The summed E-state index contributed by atoms with van der Waals surface area (Å²) in [6.45, 7) is 6.26. The number of ether oxygens (including phenoxy) is 2. The maximum absolute atomic E-state index is 12.4. The lowest BCUT2D eigenvalue weighted by Crippen LogP contribution is -2.22. The largest absolute Gasteiger partial charge is 0.454 e. The number of thioether (sulfide) groups is 1. The Hall–Kier alpha value is -2.14. The van der Waals surface area contributed by atoms with E-state index in [1.165, 1.54) is 11.1 Å². The smallest absolute Gasteiger partial charge is 0.237 e. The molecule has 2 aromatic rings. The van der Waals surface area contributed by atoms with Crippen molar-refractivity contribution in [2.45, 2.75) is 30.9 Å². The van der Waals surface area contributed by atoms with Crippen LogP contribution in [-0.4, -0.2) is 18.0 Å². The van der Waals surface area contributed by atoms with Gasteiger partial charge in [0.25, 0.3) is 0 Å². The number of rotatable bonds is 4. The fourth-order valence-electron chi connectivity index (χ4n) is 2.30. The first-order chi connectivity index (χ1) is 11.0. The fourth-order valence-corrected chi connectivity index (χ4v) is 3.35. The third-order valence-electron chi connectivity index (χ3n) is 3.66. The van der Waals surface area contributed by atoms with E-state index in [-0.39, 0.29) is 18.0 Å². The number of nitrogens with one attached hydrogen (secondary N) is 1. The summed E-state index contributed by atoms with van der Waals surface area (Å²) < 4.78 is 10.6. The molecule has 1 amide bonds. The lowest BCUT2D eigenvalue weighted by atomic mass is 10.2. The number of benzene rings is 2. The lowest BCUT2D eigenvalue weighted by Gasteiger charge is -2.14. The maximum atomic E-state index is 12.4. The zero-order chi connectivity index (χ0) is 16.4. The highest BCUT2D eigenvalue weighted by atomic mass is 32.2. The quantitative estimate of drug-likeness (QED) is 0.856. The Bertz CT molecular complexity index is 745. The van der Waals surface area contributed by atoms with Gasteiger partial charge in [-0.25, -0.2) is 0 Å². The average molecular weight is 329 g/mol. The van der Waals surface area contributed by atoms with Crippen LogP contribution in [0.1, 0.15) is 18.1 Å². The minimum atomic E-state index is -0.194. The summed E-state index contributed by atoms with van der Waals surface area (Å²) in [4.78, 5) is 13.5. The number of anilines is 1. The molecule has 0 radical (unpaired) electrons. The molecule has 0 fully saturated rings. The molecular weight excluding hydrogens is 310 g/mol. The average Bonchev–Trinajstić information content (AvgIpc) is 2.98. The van der Waals surface area contributed by atoms with Gasteiger partial charge in [-0.3, -0.25) is 4.79 Å². The zero-order valence-corrected chi connectivity index (χ0v) is 14.2. The third kappa shape index (κ3) is 3.62. The van der Waals surface area contributed by atoms with Crippen LogP contribution in [0, 0.1) is 13.8 Å².